The number of carboxylic acid groups (broad SMARTS) is 1. The summed E-state index contributed by atoms with van der Waals surface area (Å²) < 4.78 is 20.2. The van der Waals surface area contributed by atoms with Gasteiger partial charge in [0.2, 0.25) is 0 Å². The Balaban J connectivity index is 2.21. The first-order chi connectivity index (χ1) is 12.8. The average Bonchev–Trinajstić information content (AvgIpc) is 2.62. The van der Waals surface area contributed by atoms with Crippen molar-refractivity contribution in [2.75, 3.05) is 6.61 Å². The van der Waals surface area contributed by atoms with Gasteiger partial charge in [-0.2, -0.15) is 0 Å². The van der Waals surface area contributed by atoms with E-state index < -0.39 is 12.6 Å². The molecule has 0 aliphatic rings. The molecular formula is C21H20FNO4. The van der Waals surface area contributed by atoms with Crippen molar-refractivity contribution in [3.05, 3.63) is 74.8 Å². The van der Waals surface area contributed by atoms with Crippen molar-refractivity contribution < 1.29 is 19.0 Å². The molecule has 2 aromatic carbocycles. The van der Waals surface area contributed by atoms with Crippen molar-refractivity contribution in [1.29, 1.82) is 0 Å². The van der Waals surface area contributed by atoms with Crippen molar-refractivity contribution in [2.24, 2.45) is 7.05 Å². The normalized spacial score (nSPS) is 11.0. The highest BCUT2D eigenvalue weighted by molar-refractivity contribution is 5.90. The molecule has 5 nitrogen and oxygen atoms in total. The van der Waals surface area contributed by atoms with E-state index in [0.29, 0.717) is 28.6 Å². The highest BCUT2D eigenvalue weighted by Gasteiger charge is 2.17. The summed E-state index contributed by atoms with van der Waals surface area (Å²) in [5.74, 6) is -0.971. The van der Waals surface area contributed by atoms with Gasteiger partial charge >= 0.3 is 5.97 Å². The topological polar surface area (TPSA) is 68.5 Å². The number of halogens is 1. The Morgan fingerprint density at radius 3 is 2.48 bits per heavy atom. The number of aryl methyl sites for hydroxylation is 3. The van der Waals surface area contributed by atoms with Gasteiger partial charge in [0.25, 0.3) is 5.56 Å². The van der Waals surface area contributed by atoms with Crippen LogP contribution >= 0.6 is 0 Å². The number of aliphatic carboxylic acids is 1. The number of benzene rings is 2. The van der Waals surface area contributed by atoms with Crippen LogP contribution in [0.15, 0.2) is 41.2 Å². The molecule has 1 N–H and O–H groups in total. The molecule has 0 amide bonds. The van der Waals surface area contributed by atoms with Gasteiger partial charge in [-0.25, -0.2) is 9.18 Å². The fourth-order valence-corrected chi connectivity index (χ4v) is 3.27. The second-order valence-electron chi connectivity index (χ2n) is 6.61. The Hall–Kier alpha value is -3.15. The van der Waals surface area contributed by atoms with Crippen LogP contribution in [0.4, 0.5) is 4.39 Å². The first kappa shape index (κ1) is 18.6. The lowest BCUT2D eigenvalue weighted by atomic mass is 9.97. The minimum Gasteiger partial charge on any atom is -0.481 e. The monoisotopic (exact) mass is 369 g/mol. The third-order valence-electron chi connectivity index (χ3n) is 4.62. The van der Waals surface area contributed by atoms with Crippen LogP contribution in [0.5, 0.6) is 5.75 Å². The van der Waals surface area contributed by atoms with Crippen LogP contribution < -0.4 is 10.3 Å². The highest BCUT2D eigenvalue weighted by Crippen LogP contribution is 2.31. The van der Waals surface area contributed by atoms with Crippen LogP contribution in [0.25, 0.3) is 10.9 Å². The molecular weight excluding hydrogens is 349 g/mol. The summed E-state index contributed by atoms with van der Waals surface area (Å²) in [5, 5.41) is 9.65. The van der Waals surface area contributed by atoms with E-state index in [2.05, 4.69) is 0 Å². The standard InChI is InChI=1S/C21H20FNO4/c1-12-8-17-20(18(9-12)27-11-19(24)25)13(2)16(21(26)23(17)3)10-14-4-6-15(22)7-5-14/h4-9H,10-11H2,1-3H3,(H,24,25). The van der Waals surface area contributed by atoms with Crippen molar-refractivity contribution in [2.45, 2.75) is 20.3 Å². The highest BCUT2D eigenvalue weighted by atomic mass is 19.1. The second kappa shape index (κ2) is 7.23. The van der Waals surface area contributed by atoms with Crippen LogP contribution in [0.3, 0.4) is 0 Å². The number of hydrogen-bond acceptors (Lipinski definition) is 3. The number of aromatic nitrogens is 1. The van der Waals surface area contributed by atoms with Gasteiger partial charge in [0.15, 0.2) is 6.61 Å². The molecule has 0 saturated heterocycles. The first-order valence-electron chi connectivity index (χ1n) is 8.49. The van der Waals surface area contributed by atoms with Gasteiger partial charge in [0, 0.05) is 24.4 Å². The third-order valence-corrected chi connectivity index (χ3v) is 4.62. The molecule has 0 saturated carbocycles. The molecule has 1 heterocycles. The molecule has 140 valence electrons. The summed E-state index contributed by atoms with van der Waals surface area (Å²) in [6, 6.07) is 9.66. The number of hydrogen-bond donors (Lipinski definition) is 1. The van der Waals surface area contributed by atoms with Crippen LogP contribution in [0.1, 0.15) is 22.3 Å². The Bertz CT molecular complexity index is 1080. The van der Waals surface area contributed by atoms with Crippen molar-refractivity contribution in [3.8, 4) is 5.75 Å². The Labute approximate surface area is 155 Å². The van der Waals surface area contributed by atoms with Gasteiger partial charge in [0.1, 0.15) is 11.6 Å². The summed E-state index contributed by atoms with van der Waals surface area (Å²) in [4.78, 5) is 23.8. The fraction of sp³-hybridized carbons (Fsp3) is 0.238. The van der Waals surface area contributed by atoms with Gasteiger partial charge in [-0.1, -0.05) is 12.1 Å². The summed E-state index contributed by atoms with van der Waals surface area (Å²) in [5.41, 5.74) is 3.53. The Kier molecular flexibility index (Phi) is 4.99. The molecule has 0 aliphatic heterocycles. The summed E-state index contributed by atoms with van der Waals surface area (Å²) in [6.07, 6.45) is 0.348. The molecule has 3 rings (SSSR count). The smallest absolute Gasteiger partial charge is 0.341 e. The predicted molar refractivity (Wildman–Crippen MR) is 101 cm³/mol. The maximum absolute atomic E-state index is 13.2. The Morgan fingerprint density at radius 2 is 1.85 bits per heavy atom. The van der Waals surface area contributed by atoms with Gasteiger partial charge in [-0.15, -0.1) is 0 Å². The molecule has 3 aromatic rings. The maximum Gasteiger partial charge on any atom is 0.341 e. The number of carbonyl (C=O) groups is 1. The van der Waals surface area contributed by atoms with E-state index in [0.717, 1.165) is 16.7 Å². The predicted octanol–water partition coefficient (Wildman–Crippen LogP) is 3.35. The van der Waals surface area contributed by atoms with Crippen LogP contribution in [0.2, 0.25) is 0 Å². The largest absolute Gasteiger partial charge is 0.481 e. The van der Waals surface area contributed by atoms with Crippen molar-refractivity contribution in [3.63, 3.8) is 0 Å². The van der Waals surface area contributed by atoms with E-state index in [1.165, 1.54) is 12.1 Å². The lowest BCUT2D eigenvalue weighted by Crippen LogP contribution is -2.24. The first-order valence-corrected chi connectivity index (χ1v) is 8.49. The van der Waals surface area contributed by atoms with Crippen LogP contribution in [0, 0.1) is 19.7 Å². The number of fused-ring (bicyclic) bond motifs is 1. The summed E-state index contributed by atoms with van der Waals surface area (Å²) in [7, 11) is 1.68. The molecule has 0 spiro atoms. The number of ether oxygens (including phenoxy) is 1. The zero-order valence-electron chi connectivity index (χ0n) is 15.4. The van der Waals surface area contributed by atoms with Crippen LogP contribution in [-0.2, 0) is 18.3 Å². The van der Waals surface area contributed by atoms with E-state index in [1.54, 1.807) is 29.8 Å². The van der Waals surface area contributed by atoms with Crippen molar-refractivity contribution >= 4 is 16.9 Å². The van der Waals surface area contributed by atoms with Gasteiger partial charge < -0.3 is 14.4 Å². The molecule has 27 heavy (non-hydrogen) atoms. The molecule has 0 aliphatic carbocycles. The number of nitrogens with zero attached hydrogens (tertiary/aromatic N) is 1. The number of rotatable bonds is 5. The SMILES string of the molecule is Cc1cc(OCC(=O)O)c2c(C)c(Cc3ccc(F)cc3)c(=O)n(C)c2c1. The summed E-state index contributed by atoms with van der Waals surface area (Å²) in [6.45, 7) is 3.22. The van der Waals surface area contributed by atoms with E-state index in [4.69, 9.17) is 9.84 Å². The third kappa shape index (κ3) is 3.69. The van der Waals surface area contributed by atoms with Crippen LogP contribution in [-0.4, -0.2) is 22.2 Å². The molecule has 1 aromatic heterocycles. The average molecular weight is 369 g/mol. The molecule has 0 bridgehead atoms. The van der Waals surface area contributed by atoms with E-state index in [1.807, 2.05) is 19.9 Å². The van der Waals surface area contributed by atoms with E-state index >= 15 is 0 Å². The van der Waals surface area contributed by atoms with E-state index in [-0.39, 0.29) is 11.4 Å². The maximum atomic E-state index is 13.2. The van der Waals surface area contributed by atoms with Gasteiger partial charge in [0.05, 0.1) is 5.52 Å². The second-order valence-corrected chi connectivity index (χ2v) is 6.61. The molecule has 6 heteroatoms. The lowest BCUT2D eigenvalue weighted by Gasteiger charge is -2.17. The van der Waals surface area contributed by atoms with E-state index in [9.17, 15) is 14.0 Å². The fourth-order valence-electron chi connectivity index (χ4n) is 3.27. The minimum atomic E-state index is -1.07. The Morgan fingerprint density at radius 1 is 1.19 bits per heavy atom. The zero-order valence-corrected chi connectivity index (χ0v) is 15.4. The minimum absolute atomic E-state index is 0.140. The lowest BCUT2D eigenvalue weighted by molar-refractivity contribution is -0.139. The quantitative estimate of drug-likeness (QED) is 0.749. The molecule has 0 radical (unpaired) electrons. The number of carboxylic acids is 1. The van der Waals surface area contributed by atoms with Gasteiger partial charge in [-0.3, -0.25) is 4.79 Å². The molecule has 0 atom stereocenters. The molecule has 0 fully saturated rings. The number of pyridine rings is 1. The zero-order chi connectivity index (χ0) is 19.7. The summed E-state index contributed by atoms with van der Waals surface area (Å²) >= 11 is 0. The van der Waals surface area contributed by atoms with Crippen molar-refractivity contribution in [1.82, 2.24) is 4.57 Å². The molecule has 0 unspecified atom stereocenters. The van der Waals surface area contributed by atoms with Gasteiger partial charge in [-0.05, 0) is 54.8 Å².